The molecule has 1 aromatic carbocycles. The van der Waals surface area contributed by atoms with Gasteiger partial charge in [-0.15, -0.1) is 24.0 Å². The number of nitrogens with one attached hydrogen (secondary N) is 2. The van der Waals surface area contributed by atoms with E-state index in [1.807, 2.05) is 0 Å². The Bertz CT molecular complexity index is 466. The van der Waals surface area contributed by atoms with Crippen molar-refractivity contribution in [2.75, 3.05) is 13.6 Å². The molecule has 1 aromatic rings. The lowest BCUT2D eigenvalue weighted by Gasteiger charge is -2.20. The Kier molecular flexibility index (Phi) is 9.94. The van der Waals surface area contributed by atoms with Gasteiger partial charge in [0, 0.05) is 24.7 Å². The molecular weight excluding hydrogens is 404 g/mol. The fourth-order valence-corrected chi connectivity index (χ4v) is 1.88. The maximum Gasteiger partial charge on any atom is 0.191 e. The zero-order valence-electron chi connectivity index (χ0n) is 12.9. The quantitative estimate of drug-likeness (QED) is 0.425. The number of hydrogen-bond acceptors (Lipinski definition) is 1. The minimum absolute atomic E-state index is 0. The average molecular weight is 428 g/mol. The zero-order valence-corrected chi connectivity index (χ0v) is 16.0. The van der Waals surface area contributed by atoms with Gasteiger partial charge in [-0.05, 0) is 37.0 Å². The molecule has 1 unspecified atom stereocenters. The molecule has 0 radical (unpaired) electrons. The molecule has 0 bridgehead atoms. The highest BCUT2D eigenvalue weighted by molar-refractivity contribution is 14.0. The number of benzene rings is 1. The summed E-state index contributed by atoms with van der Waals surface area (Å²) < 4.78 is 12.9. The summed E-state index contributed by atoms with van der Waals surface area (Å²) in [5, 5.41) is 7.02. The third-order valence-corrected chi connectivity index (χ3v) is 3.64. The van der Waals surface area contributed by atoms with Crippen LogP contribution >= 0.6 is 35.6 Å². The monoisotopic (exact) mass is 427 g/mol. The predicted octanol–water partition coefficient (Wildman–Crippen LogP) is 3.85. The van der Waals surface area contributed by atoms with Crippen molar-refractivity contribution < 1.29 is 4.39 Å². The first-order valence-corrected chi connectivity index (χ1v) is 7.23. The van der Waals surface area contributed by atoms with Crippen LogP contribution < -0.4 is 10.6 Å². The topological polar surface area (TPSA) is 36.4 Å². The maximum absolute atomic E-state index is 12.9. The third kappa shape index (κ3) is 7.31. The normalized spacial score (nSPS) is 12.8. The lowest BCUT2D eigenvalue weighted by atomic mass is 10.1. The number of hydrogen-bond donors (Lipinski definition) is 2. The van der Waals surface area contributed by atoms with E-state index in [1.165, 1.54) is 12.1 Å². The van der Waals surface area contributed by atoms with E-state index in [0.29, 0.717) is 23.5 Å². The van der Waals surface area contributed by atoms with Crippen LogP contribution in [0.3, 0.4) is 0 Å². The Balaban J connectivity index is 0.00000400. The van der Waals surface area contributed by atoms with Gasteiger partial charge in [-0.1, -0.05) is 31.5 Å². The van der Waals surface area contributed by atoms with Crippen LogP contribution in [0.1, 0.15) is 26.3 Å². The molecule has 0 aromatic heterocycles. The molecule has 0 saturated carbocycles. The molecule has 0 spiro atoms. The smallest absolute Gasteiger partial charge is 0.191 e. The summed E-state index contributed by atoms with van der Waals surface area (Å²) >= 11 is 5.99. The van der Waals surface area contributed by atoms with Gasteiger partial charge in [0.25, 0.3) is 0 Å². The highest BCUT2D eigenvalue weighted by Gasteiger charge is 2.09. The first kappa shape index (κ1) is 20.4. The maximum atomic E-state index is 12.9. The van der Waals surface area contributed by atoms with Crippen LogP contribution in [0.5, 0.6) is 0 Å². The molecule has 2 N–H and O–H groups in total. The molecular formula is C15H24ClFIN3. The van der Waals surface area contributed by atoms with Crippen LogP contribution in [0.15, 0.2) is 23.2 Å². The first-order valence-electron chi connectivity index (χ1n) is 6.85. The van der Waals surface area contributed by atoms with Crippen molar-refractivity contribution in [3.63, 3.8) is 0 Å². The second-order valence-electron chi connectivity index (χ2n) is 5.16. The number of nitrogens with zero attached hydrogens (tertiary/aromatic N) is 1. The fourth-order valence-electron chi connectivity index (χ4n) is 1.62. The summed E-state index contributed by atoms with van der Waals surface area (Å²) in [4.78, 5) is 4.18. The number of rotatable bonds is 5. The van der Waals surface area contributed by atoms with Gasteiger partial charge < -0.3 is 10.6 Å². The lowest BCUT2D eigenvalue weighted by molar-refractivity contribution is 0.481. The SMILES string of the molecule is CN=C(NCCc1ccc(F)cc1Cl)NC(C)C(C)C.I. The Labute approximate surface area is 148 Å². The minimum Gasteiger partial charge on any atom is -0.356 e. The molecule has 3 nitrogen and oxygen atoms in total. The summed E-state index contributed by atoms with van der Waals surface area (Å²) in [6.45, 7) is 7.12. The van der Waals surface area contributed by atoms with E-state index in [0.717, 1.165) is 17.9 Å². The van der Waals surface area contributed by atoms with Crippen molar-refractivity contribution in [3.8, 4) is 0 Å². The van der Waals surface area contributed by atoms with Gasteiger partial charge in [-0.25, -0.2) is 4.39 Å². The number of guanidine groups is 1. The Morgan fingerprint density at radius 1 is 1.33 bits per heavy atom. The molecule has 0 heterocycles. The van der Waals surface area contributed by atoms with Gasteiger partial charge in [0.1, 0.15) is 5.82 Å². The zero-order chi connectivity index (χ0) is 15.1. The molecule has 0 amide bonds. The molecule has 0 fully saturated rings. The Hall–Kier alpha value is -0.560. The molecule has 6 heteroatoms. The van der Waals surface area contributed by atoms with E-state index in [9.17, 15) is 4.39 Å². The Morgan fingerprint density at radius 2 is 2.00 bits per heavy atom. The van der Waals surface area contributed by atoms with E-state index < -0.39 is 0 Å². The van der Waals surface area contributed by atoms with Crippen molar-refractivity contribution >= 4 is 41.5 Å². The van der Waals surface area contributed by atoms with Gasteiger partial charge in [-0.2, -0.15) is 0 Å². The summed E-state index contributed by atoms with van der Waals surface area (Å²) in [7, 11) is 1.74. The lowest BCUT2D eigenvalue weighted by Crippen LogP contribution is -2.44. The summed E-state index contributed by atoms with van der Waals surface area (Å²) in [6.07, 6.45) is 0.718. The van der Waals surface area contributed by atoms with Crippen molar-refractivity contribution in [2.24, 2.45) is 10.9 Å². The molecule has 0 aliphatic rings. The summed E-state index contributed by atoms with van der Waals surface area (Å²) in [6, 6.07) is 4.82. The average Bonchev–Trinajstić information content (AvgIpc) is 2.39. The molecule has 0 saturated heterocycles. The van der Waals surface area contributed by atoms with Gasteiger partial charge in [-0.3, -0.25) is 4.99 Å². The number of aliphatic imine (C=N–C) groups is 1. The van der Waals surface area contributed by atoms with E-state index in [-0.39, 0.29) is 29.8 Å². The van der Waals surface area contributed by atoms with Crippen LogP contribution in [0.2, 0.25) is 5.02 Å². The van der Waals surface area contributed by atoms with Crippen molar-refractivity contribution in [3.05, 3.63) is 34.6 Å². The molecule has 1 rings (SSSR count). The van der Waals surface area contributed by atoms with Gasteiger partial charge in [0.05, 0.1) is 0 Å². The van der Waals surface area contributed by atoms with Crippen LogP contribution in [0.4, 0.5) is 4.39 Å². The van der Waals surface area contributed by atoms with Crippen LogP contribution in [-0.2, 0) is 6.42 Å². The van der Waals surface area contributed by atoms with Crippen molar-refractivity contribution in [1.29, 1.82) is 0 Å². The molecule has 120 valence electrons. The second kappa shape index (κ2) is 10.2. The minimum atomic E-state index is -0.310. The molecule has 1 atom stereocenters. The van der Waals surface area contributed by atoms with Crippen molar-refractivity contribution in [2.45, 2.75) is 33.2 Å². The van der Waals surface area contributed by atoms with Crippen LogP contribution in [-0.4, -0.2) is 25.6 Å². The van der Waals surface area contributed by atoms with E-state index >= 15 is 0 Å². The fraction of sp³-hybridized carbons (Fsp3) is 0.533. The largest absolute Gasteiger partial charge is 0.356 e. The van der Waals surface area contributed by atoms with Gasteiger partial charge in [0.2, 0.25) is 0 Å². The predicted molar refractivity (Wildman–Crippen MR) is 99.3 cm³/mol. The highest BCUT2D eigenvalue weighted by atomic mass is 127. The van der Waals surface area contributed by atoms with E-state index in [2.05, 4.69) is 36.4 Å². The standard InChI is InChI=1S/C15H23ClFN3.HI/c1-10(2)11(3)20-15(18-4)19-8-7-12-5-6-13(17)9-14(12)16;/h5-6,9-11H,7-8H2,1-4H3,(H2,18,19,20);1H. The van der Waals surface area contributed by atoms with Gasteiger partial charge in [0.15, 0.2) is 5.96 Å². The van der Waals surface area contributed by atoms with Gasteiger partial charge >= 0.3 is 0 Å². The van der Waals surface area contributed by atoms with Crippen molar-refractivity contribution in [1.82, 2.24) is 10.6 Å². The van der Waals surface area contributed by atoms with Crippen LogP contribution in [0.25, 0.3) is 0 Å². The summed E-state index contributed by atoms with van der Waals surface area (Å²) in [5.41, 5.74) is 0.924. The molecule has 21 heavy (non-hydrogen) atoms. The van der Waals surface area contributed by atoms with E-state index in [1.54, 1.807) is 13.1 Å². The Morgan fingerprint density at radius 3 is 2.52 bits per heavy atom. The summed E-state index contributed by atoms with van der Waals surface area (Å²) in [5.74, 6) is 0.986. The third-order valence-electron chi connectivity index (χ3n) is 3.29. The molecule has 0 aliphatic carbocycles. The first-order chi connectivity index (χ1) is 9.43. The number of halogens is 3. The van der Waals surface area contributed by atoms with Crippen LogP contribution in [0, 0.1) is 11.7 Å². The van der Waals surface area contributed by atoms with E-state index in [4.69, 9.17) is 11.6 Å². The highest BCUT2D eigenvalue weighted by Crippen LogP contribution is 2.17. The molecule has 0 aliphatic heterocycles. The second-order valence-corrected chi connectivity index (χ2v) is 5.57.